The molecule has 3 aromatic rings. The highest BCUT2D eigenvalue weighted by molar-refractivity contribution is 6.30. The smallest absolute Gasteiger partial charge is 0.355 e. The third-order valence-electron chi connectivity index (χ3n) is 4.38. The zero-order valence-corrected chi connectivity index (χ0v) is 18.5. The van der Waals surface area contributed by atoms with Gasteiger partial charge in [0.2, 0.25) is 5.95 Å². The Kier molecular flexibility index (Phi) is 7.46. The predicted molar refractivity (Wildman–Crippen MR) is 119 cm³/mol. The molecule has 0 radical (unpaired) electrons. The van der Waals surface area contributed by atoms with Crippen molar-refractivity contribution in [2.45, 2.75) is 33.0 Å². The molecule has 1 heterocycles. The quantitative estimate of drug-likeness (QED) is 0.335. The maximum Gasteiger partial charge on any atom is 0.355 e. The fourth-order valence-corrected chi connectivity index (χ4v) is 3.04. The molecule has 0 spiro atoms. The minimum Gasteiger partial charge on any atom is -0.488 e. The van der Waals surface area contributed by atoms with Gasteiger partial charge in [0.05, 0.1) is 12.6 Å². The third kappa shape index (κ3) is 5.96. The van der Waals surface area contributed by atoms with Gasteiger partial charge < -0.3 is 10.1 Å². The summed E-state index contributed by atoms with van der Waals surface area (Å²) in [7, 11) is 0. The summed E-state index contributed by atoms with van der Waals surface area (Å²) in [5.74, 6) is -1.74. The van der Waals surface area contributed by atoms with Gasteiger partial charge in [-0.3, -0.25) is 14.6 Å². The molecule has 0 bridgehead atoms. The maximum atomic E-state index is 14.4. The SMILES string of the molecule is CC(C)Oc1ccc(Nc2nc(=O)n(CC(=O)NO)c(=O)n2Cc2ccc(Cl)cc2)cc1F. The second-order valence-corrected chi connectivity index (χ2v) is 7.71. The van der Waals surface area contributed by atoms with Crippen molar-refractivity contribution in [1.82, 2.24) is 19.6 Å². The number of rotatable bonds is 8. The number of nitrogens with zero attached hydrogens (tertiary/aromatic N) is 3. The van der Waals surface area contributed by atoms with Gasteiger partial charge in [-0.2, -0.15) is 4.98 Å². The predicted octanol–water partition coefficient (Wildman–Crippen LogP) is 2.28. The van der Waals surface area contributed by atoms with Crippen LogP contribution < -0.4 is 26.9 Å². The van der Waals surface area contributed by atoms with Crippen LogP contribution in [0.5, 0.6) is 5.75 Å². The highest BCUT2D eigenvalue weighted by Gasteiger charge is 2.17. The standard InChI is InChI=1S/C21H21ClFN5O5/c1-12(2)33-17-8-7-15(9-16(17)23)24-19-25-20(30)28(11-18(29)26-32)21(31)27(19)10-13-3-5-14(22)6-4-13/h3-9,12,32H,10-11H2,1-2H3,(H,26,29)(H,24,25,30). The van der Waals surface area contributed by atoms with Gasteiger partial charge in [0.15, 0.2) is 11.6 Å². The fraction of sp³-hybridized carbons (Fsp3) is 0.238. The molecule has 3 N–H and O–H groups in total. The minimum absolute atomic E-state index is 0.0383. The van der Waals surface area contributed by atoms with Crippen molar-refractivity contribution in [2.75, 3.05) is 5.32 Å². The lowest BCUT2D eigenvalue weighted by Crippen LogP contribution is -2.45. The summed E-state index contributed by atoms with van der Waals surface area (Å²) in [6.07, 6.45) is -0.228. The Morgan fingerprint density at radius 3 is 2.48 bits per heavy atom. The molecule has 0 fully saturated rings. The van der Waals surface area contributed by atoms with E-state index in [-0.39, 0.29) is 30.0 Å². The molecule has 0 aliphatic heterocycles. The van der Waals surface area contributed by atoms with Crippen molar-refractivity contribution in [1.29, 1.82) is 0 Å². The first-order valence-corrected chi connectivity index (χ1v) is 10.2. The van der Waals surface area contributed by atoms with Crippen molar-refractivity contribution in [2.24, 2.45) is 0 Å². The van der Waals surface area contributed by atoms with Crippen LogP contribution in [0.25, 0.3) is 0 Å². The molecule has 0 saturated carbocycles. The second kappa shape index (κ2) is 10.3. The molecular formula is C21H21ClFN5O5. The largest absolute Gasteiger partial charge is 0.488 e. The molecule has 1 aromatic heterocycles. The number of nitrogens with one attached hydrogen (secondary N) is 2. The summed E-state index contributed by atoms with van der Waals surface area (Å²) in [5.41, 5.74) is 0.332. The number of hydroxylamine groups is 1. The topological polar surface area (TPSA) is 127 Å². The van der Waals surface area contributed by atoms with E-state index in [1.54, 1.807) is 38.1 Å². The van der Waals surface area contributed by atoms with Gasteiger partial charge in [0.1, 0.15) is 6.54 Å². The molecule has 2 aromatic carbocycles. The molecule has 3 rings (SSSR count). The molecule has 33 heavy (non-hydrogen) atoms. The van der Waals surface area contributed by atoms with Crippen molar-refractivity contribution in [3.05, 3.63) is 79.8 Å². The first kappa shape index (κ1) is 24.0. The van der Waals surface area contributed by atoms with Crippen molar-refractivity contribution >= 4 is 29.1 Å². The number of amides is 1. The first-order valence-electron chi connectivity index (χ1n) is 9.80. The number of benzene rings is 2. The number of hydrogen-bond donors (Lipinski definition) is 3. The van der Waals surface area contributed by atoms with Crippen molar-refractivity contribution < 1.29 is 19.1 Å². The van der Waals surface area contributed by atoms with Gasteiger partial charge in [-0.25, -0.2) is 24.0 Å². The van der Waals surface area contributed by atoms with Gasteiger partial charge in [-0.1, -0.05) is 23.7 Å². The van der Waals surface area contributed by atoms with E-state index in [9.17, 15) is 18.8 Å². The molecule has 0 aliphatic rings. The Labute approximate surface area is 192 Å². The Hall–Kier alpha value is -3.70. The Morgan fingerprint density at radius 1 is 1.18 bits per heavy atom. The normalized spacial score (nSPS) is 10.8. The fourth-order valence-electron chi connectivity index (χ4n) is 2.91. The van der Waals surface area contributed by atoms with E-state index in [2.05, 4.69) is 10.3 Å². The van der Waals surface area contributed by atoms with Gasteiger partial charge >= 0.3 is 11.4 Å². The van der Waals surface area contributed by atoms with Gasteiger partial charge in [0, 0.05) is 16.8 Å². The second-order valence-electron chi connectivity index (χ2n) is 7.27. The van der Waals surface area contributed by atoms with Gasteiger partial charge in [-0.15, -0.1) is 0 Å². The monoisotopic (exact) mass is 477 g/mol. The summed E-state index contributed by atoms with van der Waals surface area (Å²) in [4.78, 5) is 40.8. The highest BCUT2D eigenvalue weighted by atomic mass is 35.5. The van der Waals surface area contributed by atoms with E-state index < -0.39 is 29.6 Å². The molecular weight excluding hydrogens is 457 g/mol. The average molecular weight is 478 g/mol. The number of anilines is 2. The Morgan fingerprint density at radius 2 is 1.88 bits per heavy atom. The number of aromatic nitrogens is 3. The van der Waals surface area contributed by atoms with Crippen LogP contribution in [0.4, 0.5) is 16.0 Å². The lowest BCUT2D eigenvalue weighted by atomic mass is 10.2. The number of ether oxygens (including phenoxy) is 1. The average Bonchev–Trinajstić information content (AvgIpc) is 2.76. The molecule has 1 amide bonds. The van der Waals surface area contributed by atoms with E-state index in [1.807, 2.05) is 0 Å². The van der Waals surface area contributed by atoms with Gasteiger partial charge in [-0.05, 0) is 43.7 Å². The van der Waals surface area contributed by atoms with Crippen LogP contribution in [0.15, 0.2) is 52.1 Å². The highest BCUT2D eigenvalue weighted by Crippen LogP contribution is 2.24. The summed E-state index contributed by atoms with van der Waals surface area (Å²) < 4.78 is 21.4. The zero-order valence-electron chi connectivity index (χ0n) is 17.7. The van der Waals surface area contributed by atoms with Crippen LogP contribution in [-0.2, 0) is 17.9 Å². The van der Waals surface area contributed by atoms with E-state index in [0.717, 1.165) is 10.6 Å². The Bertz CT molecular complexity index is 1270. The zero-order chi connectivity index (χ0) is 24.1. The van der Waals surface area contributed by atoms with E-state index in [1.165, 1.54) is 17.6 Å². The maximum absolute atomic E-state index is 14.4. The number of carbonyl (C=O) groups is 1. The van der Waals surface area contributed by atoms with Crippen LogP contribution in [0.3, 0.4) is 0 Å². The lowest BCUT2D eigenvalue weighted by Gasteiger charge is -2.16. The summed E-state index contributed by atoms with van der Waals surface area (Å²) >= 11 is 5.91. The summed E-state index contributed by atoms with van der Waals surface area (Å²) in [6, 6.07) is 10.6. The molecule has 12 heteroatoms. The molecule has 174 valence electrons. The molecule has 0 saturated heterocycles. The molecule has 0 aliphatic carbocycles. The number of carbonyl (C=O) groups excluding carboxylic acids is 1. The van der Waals surface area contributed by atoms with Crippen LogP contribution in [0, 0.1) is 5.82 Å². The van der Waals surface area contributed by atoms with E-state index in [0.29, 0.717) is 15.2 Å². The van der Waals surface area contributed by atoms with Crippen LogP contribution in [-0.4, -0.2) is 31.3 Å². The van der Waals surface area contributed by atoms with E-state index in [4.69, 9.17) is 21.5 Å². The van der Waals surface area contributed by atoms with Crippen LogP contribution >= 0.6 is 11.6 Å². The van der Waals surface area contributed by atoms with Crippen LogP contribution in [0.2, 0.25) is 5.02 Å². The summed E-state index contributed by atoms with van der Waals surface area (Å²) in [6.45, 7) is 2.75. The molecule has 0 unspecified atom stereocenters. The molecule has 10 nitrogen and oxygen atoms in total. The first-order chi connectivity index (χ1) is 15.7. The summed E-state index contributed by atoms with van der Waals surface area (Å²) in [5, 5.41) is 12.0. The van der Waals surface area contributed by atoms with Crippen LogP contribution in [0.1, 0.15) is 19.4 Å². The van der Waals surface area contributed by atoms with Crippen molar-refractivity contribution in [3.63, 3.8) is 0 Å². The van der Waals surface area contributed by atoms with Gasteiger partial charge in [0.25, 0.3) is 5.91 Å². The molecule has 0 atom stereocenters. The minimum atomic E-state index is -1.03. The lowest BCUT2D eigenvalue weighted by molar-refractivity contribution is -0.129. The third-order valence-corrected chi connectivity index (χ3v) is 4.63. The number of hydrogen-bond acceptors (Lipinski definition) is 7. The van der Waals surface area contributed by atoms with Crippen molar-refractivity contribution in [3.8, 4) is 5.75 Å². The number of halogens is 2. The Balaban J connectivity index is 2.04. The van der Waals surface area contributed by atoms with E-state index >= 15 is 0 Å².